The zero-order chi connectivity index (χ0) is 20.1. The van der Waals surface area contributed by atoms with E-state index in [-0.39, 0.29) is 16.8 Å². The molecule has 0 atom stereocenters. The molecule has 0 aliphatic carbocycles. The van der Waals surface area contributed by atoms with Gasteiger partial charge >= 0.3 is 0 Å². The van der Waals surface area contributed by atoms with Gasteiger partial charge in [-0.25, -0.2) is 0 Å². The molecule has 0 aliphatic rings. The number of nitrogens with zero attached hydrogens (tertiary/aromatic N) is 3. The lowest BCUT2D eigenvalue weighted by Gasteiger charge is -2.18. The molecule has 0 saturated heterocycles. The van der Waals surface area contributed by atoms with Gasteiger partial charge in [-0.2, -0.15) is 10.4 Å². The standard InChI is InChI=1S/C24H23N3O/c1-24(2,3)22-11-9-20(10-12-22)23(28)21(14-25)13-19-15-26-27(17-19)16-18-7-5-4-6-8-18/h4-13,15,17H,16H2,1-3H3/b21-13+. The fraction of sp³-hybridized carbons (Fsp3) is 0.208. The number of carbonyl (C=O) groups is 1. The van der Waals surface area contributed by atoms with E-state index in [4.69, 9.17) is 0 Å². The first-order valence-electron chi connectivity index (χ1n) is 9.20. The number of nitriles is 1. The van der Waals surface area contributed by atoms with Gasteiger partial charge in [0.1, 0.15) is 11.6 Å². The minimum absolute atomic E-state index is 0.0167. The molecule has 4 nitrogen and oxygen atoms in total. The smallest absolute Gasteiger partial charge is 0.203 e. The van der Waals surface area contributed by atoms with E-state index in [2.05, 4.69) is 25.9 Å². The molecule has 0 fully saturated rings. The van der Waals surface area contributed by atoms with Gasteiger partial charge in [-0.3, -0.25) is 9.48 Å². The lowest BCUT2D eigenvalue weighted by Crippen LogP contribution is -2.11. The molecule has 0 unspecified atom stereocenters. The fourth-order valence-corrected chi connectivity index (χ4v) is 2.90. The minimum atomic E-state index is -0.279. The summed E-state index contributed by atoms with van der Waals surface area (Å²) < 4.78 is 1.79. The molecule has 28 heavy (non-hydrogen) atoms. The molecule has 0 radical (unpaired) electrons. The van der Waals surface area contributed by atoms with Gasteiger partial charge in [-0.15, -0.1) is 0 Å². The van der Waals surface area contributed by atoms with E-state index in [0.29, 0.717) is 12.1 Å². The van der Waals surface area contributed by atoms with E-state index in [1.54, 1.807) is 29.1 Å². The Hall–Kier alpha value is -3.45. The van der Waals surface area contributed by atoms with Gasteiger partial charge in [0, 0.05) is 17.3 Å². The van der Waals surface area contributed by atoms with Gasteiger partial charge in [0.15, 0.2) is 0 Å². The summed E-state index contributed by atoms with van der Waals surface area (Å²) in [5, 5.41) is 13.8. The average Bonchev–Trinajstić information content (AvgIpc) is 3.12. The van der Waals surface area contributed by atoms with Gasteiger partial charge in [-0.05, 0) is 22.6 Å². The van der Waals surface area contributed by atoms with E-state index in [0.717, 1.165) is 16.7 Å². The van der Waals surface area contributed by atoms with Gasteiger partial charge in [0.25, 0.3) is 0 Å². The van der Waals surface area contributed by atoms with Crippen molar-refractivity contribution in [3.8, 4) is 6.07 Å². The average molecular weight is 369 g/mol. The first-order valence-corrected chi connectivity index (χ1v) is 9.20. The van der Waals surface area contributed by atoms with Crippen molar-refractivity contribution in [3.63, 3.8) is 0 Å². The number of allylic oxidation sites excluding steroid dienone is 1. The second-order valence-corrected chi connectivity index (χ2v) is 7.78. The molecule has 0 saturated carbocycles. The number of aromatic nitrogens is 2. The third-order valence-electron chi connectivity index (χ3n) is 4.53. The van der Waals surface area contributed by atoms with Gasteiger partial charge in [0.05, 0.1) is 12.7 Å². The molecule has 1 heterocycles. The summed E-state index contributed by atoms with van der Waals surface area (Å²) in [5.74, 6) is -0.279. The van der Waals surface area contributed by atoms with E-state index >= 15 is 0 Å². The Kier molecular flexibility index (Phi) is 5.56. The number of hydrogen-bond acceptors (Lipinski definition) is 3. The summed E-state index contributed by atoms with van der Waals surface area (Å²) in [5.41, 5.74) is 3.64. The maximum atomic E-state index is 12.7. The topological polar surface area (TPSA) is 58.7 Å². The Labute approximate surface area is 165 Å². The monoisotopic (exact) mass is 369 g/mol. The number of benzene rings is 2. The Morgan fingerprint density at radius 2 is 1.79 bits per heavy atom. The normalized spacial score (nSPS) is 11.9. The highest BCUT2D eigenvalue weighted by Gasteiger charge is 2.16. The summed E-state index contributed by atoms with van der Waals surface area (Å²) in [7, 11) is 0. The summed E-state index contributed by atoms with van der Waals surface area (Å²) in [4.78, 5) is 12.7. The molecular weight excluding hydrogens is 346 g/mol. The van der Waals surface area contributed by atoms with Crippen LogP contribution in [0, 0.1) is 11.3 Å². The number of carbonyl (C=O) groups excluding carboxylic acids is 1. The summed E-state index contributed by atoms with van der Waals surface area (Å²) in [6.07, 6.45) is 5.09. The molecule has 3 rings (SSSR count). The third kappa shape index (κ3) is 4.63. The predicted molar refractivity (Wildman–Crippen MR) is 111 cm³/mol. The van der Waals surface area contributed by atoms with Gasteiger partial charge < -0.3 is 0 Å². The Balaban J connectivity index is 1.78. The zero-order valence-corrected chi connectivity index (χ0v) is 16.4. The van der Waals surface area contributed by atoms with Crippen LogP contribution < -0.4 is 0 Å². The van der Waals surface area contributed by atoms with Crippen molar-refractivity contribution in [3.05, 3.63) is 94.8 Å². The van der Waals surface area contributed by atoms with Crippen LogP contribution in [0.25, 0.3) is 6.08 Å². The molecule has 4 heteroatoms. The molecule has 0 amide bonds. The maximum absolute atomic E-state index is 12.7. The summed E-state index contributed by atoms with van der Waals surface area (Å²) in [6, 6.07) is 19.5. The first-order chi connectivity index (χ1) is 13.4. The van der Waals surface area contributed by atoms with E-state index in [1.807, 2.05) is 54.7 Å². The number of ketones is 1. The SMILES string of the molecule is CC(C)(C)c1ccc(C(=O)/C(C#N)=C/c2cnn(Cc3ccccc3)c2)cc1. The number of rotatable bonds is 5. The largest absolute Gasteiger partial charge is 0.288 e. The molecule has 0 N–H and O–H groups in total. The highest BCUT2D eigenvalue weighted by Crippen LogP contribution is 2.23. The van der Waals surface area contributed by atoms with Crippen LogP contribution in [0.1, 0.15) is 47.8 Å². The first kappa shape index (κ1) is 19.3. The maximum Gasteiger partial charge on any atom is 0.203 e. The van der Waals surface area contributed by atoms with Crippen molar-refractivity contribution in [1.82, 2.24) is 9.78 Å². The number of Topliss-reactive ketones (excluding diaryl/α,β-unsaturated/α-hetero) is 1. The lowest BCUT2D eigenvalue weighted by atomic mass is 9.86. The highest BCUT2D eigenvalue weighted by molar-refractivity contribution is 6.14. The van der Waals surface area contributed by atoms with Crippen LogP contribution in [0.4, 0.5) is 0 Å². The molecule has 2 aromatic carbocycles. The van der Waals surface area contributed by atoms with Crippen LogP contribution in [0.2, 0.25) is 0 Å². The van der Waals surface area contributed by atoms with E-state index in [9.17, 15) is 10.1 Å². The van der Waals surface area contributed by atoms with Crippen LogP contribution in [0.15, 0.2) is 72.6 Å². The molecular formula is C24H23N3O. The van der Waals surface area contributed by atoms with Crippen LogP contribution in [0.3, 0.4) is 0 Å². The lowest BCUT2D eigenvalue weighted by molar-refractivity contribution is 0.104. The molecule has 3 aromatic rings. The van der Waals surface area contributed by atoms with Crippen LogP contribution in [0.5, 0.6) is 0 Å². The van der Waals surface area contributed by atoms with Crippen LogP contribution in [-0.4, -0.2) is 15.6 Å². The number of hydrogen-bond donors (Lipinski definition) is 0. The summed E-state index contributed by atoms with van der Waals surface area (Å²) >= 11 is 0. The molecule has 140 valence electrons. The third-order valence-corrected chi connectivity index (χ3v) is 4.53. The molecule has 1 aromatic heterocycles. The van der Waals surface area contributed by atoms with Gasteiger partial charge in [-0.1, -0.05) is 75.4 Å². The Morgan fingerprint density at radius 1 is 1.11 bits per heavy atom. The van der Waals surface area contributed by atoms with Gasteiger partial charge in [0.2, 0.25) is 5.78 Å². The van der Waals surface area contributed by atoms with Crippen LogP contribution in [-0.2, 0) is 12.0 Å². The summed E-state index contributed by atoms with van der Waals surface area (Å²) in [6.45, 7) is 7.01. The molecule has 0 bridgehead atoms. The Morgan fingerprint density at radius 3 is 2.39 bits per heavy atom. The van der Waals surface area contributed by atoms with Crippen molar-refractivity contribution in [1.29, 1.82) is 5.26 Å². The van der Waals surface area contributed by atoms with Crippen molar-refractivity contribution >= 4 is 11.9 Å². The minimum Gasteiger partial charge on any atom is -0.288 e. The second-order valence-electron chi connectivity index (χ2n) is 7.78. The van der Waals surface area contributed by atoms with E-state index < -0.39 is 0 Å². The second kappa shape index (κ2) is 8.06. The van der Waals surface area contributed by atoms with Crippen molar-refractivity contribution in [2.75, 3.05) is 0 Å². The molecule has 0 spiro atoms. The zero-order valence-electron chi connectivity index (χ0n) is 16.4. The highest BCUT2D eigenvalue weighted by atomic mass is 16.1. The van der Waals surface area contributed by atoms with Crippen molar-refractivity contribution in [2.24, 2.45) is 0 Å². The Bertz CT molecular complexity index is 1030. The predicted octanol–water partition coefficient (Wildman–Crippen LogP) is 5.02. The van der Waals surface area contributed by atoms with Crippen molar-refractivity contribution in [2.45, 2.75) is 32.7 Å². The fourth-order valence-electron chi connectivity index (χ4n) is 2.90. The quantitative estimate of drug-likeness (QED) is 0.360. The van der Waals surface area contributed by atoms with E-state index in [1.165, 1.54) is 0 Å². The van der Waals surface area contributed by atoms with Crippen molar-refractivity contribution < 1.29 is 4.79 Å². The molecule has 0 aliphatic heterocycles. The van der Waals surface area contributed by atoms with Crippen LogP contribution >= 0.6 is 0 Å².